The molecule has 0 radical (unpaired) electrons. The van der Waals surface area contributed by atoms with E-state index in [1.165, 1.54) is 5.57 Å². The van der Waals surface area contributed by atoms with Gasteiger partial charge in [-0.2, -0.15) is 0 Å². The molecular formula is C30H42O4. The fourth-order valence-electron chi connectivity index (χ4n) is 4.06. The first-order valence-electron chi connectivity index (χ1n) is 12.4. The zero-order valence-corrected chi connectivity index (χ0v) is 21.7. The highest BCUT2D eigenvalue weighted by Crippen LogP contribution is 2.28. The molecule has 4 heteroatoms. The van der Waals surface area contributed by atoms with E-state index in [-0.39, 0.29) is 29.2 Å². The minimum atomic E-state index is -0.568. The summed E-state index contributed by atoms with van der Waals surface area (Å²) >= 11 is 0. The van der Waals surface area contributed by atoms with Crippen LogP contribution in [0, 0.1) is 11.8 Å². The van der Waals surface area contributed by atoms with E-state index < -0.39 is 5.92 Å². The summed E-state index contributed by atoms with van der Waals surface area (Å²) in [5.74, 6) is -0.610. The van der Waals surface area contributed by atoms with Gasteiger partial charge in [0.25, 0.3) is 0 Å². The van der Waals surface area contributed by atoms with Gasteiger partial charge >= 0.3 is 0 Å². The van der Waals surface area contributed by atoms with Crippen molar-refractivity contribution in [3.63, 3.8) is 0 Å². The molecule has 2 aliphatic rings. The van der Waals surface area contributed by atoms with Crippen LogP contribution in [0.5, 0.6) is 0 Å². The van der Waals surface area contributed by atoms with E-state index in [1.807, 2.05) is 46.8 Å². The maximum atomic E-state index is 13.3. The number of hydrogen-bond donors (Lipinski definition) is 0. The van der Waals surface area contributed by atoms with Gasteiger partial charge < -0.3 is 9.47 Å². The van der Waals surface area contributed by atoms with Crippen LogP contribution in [0.2, 0.25) is 0 Å². The van der Waals surface area contributed by atoms with Gasteiger partial charge in [0.2, 0.25) is 0 Å². The Morgan fingerprint density at radius 2 is 1.85 bits per heavy atom. The normalized spacial score (nSPS) is 18.9. The Hall–Kier alpha value is -2.30. The lowest BCUT2D eigenvalue weighted by atomic mass is 9.80. The van der Waals surface area contributed by atoms with Gasteiger partial charge in [-0.3, -0.25) is 9.59 Å². The molecule has 0 spiro atoms. The smallest absolute Gasteiger partial charge is 0.188 e. The molecule has 0 aromatic rings. The van der Waals surface area contributed by atoms with Gasteiger partial charge in [0.1, 0.15) is 0 Å². The van der Waals surface area contributed by atoms with Crippen molar-refractivity contribution in [2.75, 3.05) is 13.2 Å². The minimum Gasteiger partial charge on any atom is -0.376 e. The van der Waals surface area contributed by atoms with Crippen molar-refractivity contribution in [2.24, 2.45) is 11.8 Å². The van der Waals surface area contributed by atoms with Crippen LogP contribution in [-0.2, 0) is 19.1 Å². The lowest BCUT2D eigenvalue weighted by Crippen LogP contribution is -2.28. The van der Waals surface area contributed by atoms with Crippen LogP contribution in [0.3, 0.4) is 0 Å². The van der Waals surface area contributed by atoms with Crippen LogP contribution in [0.1, 0.15) is 66.7 Å². The molecule has 0 aliphatic heterocycles. The number of carbonyl (C=O) groups excluding carboxylic acids is 2. The Kier molecular flexibility index (Phi) is 10.7. The van der Waals surface area contributed by atoms with E-state index in [4.69, 9.17) is 9.47 Å². The van der Waals surface area contributed by atoms with Gasteiger partial charge in [-0.15, -0.1) is 0 Å². The number of rotatable bonds is 13. The van der Waals surface area contributed by atoms with Crippen molar-refractivity contribution in [1.82, 2.24) is 0 Å². The van der Waals surface area contributed by atoms with E-state index in [0.717, 1.165) is 12.8 Å². The number of Topliss-reactive ketones (excluding diaryl/α,β-unsaturated/α-hetero) is 2. The molecule has 34 heavy (non-hydrogen) atoms. The van der Waals surface area contributed by atoms with Crippen LogP contribution in [0.25, 0.3) is 0 Å². The SMILES string of the molecule is C=C(CCOCC1=CCCC=C1)C(=O)[C@H](CC(C)C)C(=C)C(=O)C1=CCC(OC(C)(C)C)C=C1. The first-order valence-corrected chi connectivity index (χ1v) is 12.4. The van der Waals surface area contributed by atoms with E-state index >= 15 is 0 Å². The third-order valence-corrected chi connectivity index (χ3v) is 5.80. The Labute approximate surface area is 206 Å². The van der Waals surface area contributed by atoms with Crippen molar-refractivity contribution in [1.29, 1.82) is 0 Å². The Balaban J connectivity index is 1.95. The minimum absolute atomic E-state index is 0.0578. The van der Waals surface area contributed by atoms with Crippen LogP contribution >= 0.6 is 0 Å². The highest BCUT2D eigenvalue weighted by molar-refractivity contribution is 6.14. The number of carbonyl (C=O) groups is 2. The molecule has 2 atom stereocenters. The molecule has 4 nitrogen and oxygen atoms in total. The van der Waals surface area contributed by atoms with Gasteiger partial charge in [-0.1, -0.05) is 63.5 Å². The zero-order valence-electron chi connectivity index (χ0n) is 21.7. The summed E-state index contributed by atoms with van der Waals surface area (Å²) in [5.41, 5.74) is 2.31. The molecule has 0 amide bonds. The number of hydrogen-bond acceptors (Lipinski definition) is 4. The fourth-order valence-corrected chi connectivity index (χ4v) is 4.06. The second kappa shape index (κ2) is 13.0. The molecule has 2 aliphatic carbocycles. The average Bonchev–Trinajstić information content (AvgIpc) is 2.78. The second-order valence-electron chi connectivity index (χ2n) is 10.6. The van der Waals surface area contributed by atoms with Crippen molar-refractivity contribution in [3.05, 3.63) is 71.9 Å². The number of allylic oxidation sites excluding steroid dienone is 5. The van der Waals surface area contributed by atoms with Gasteiger partial charge in [0.05, 0.1) is 30.8 Å². The summed E-state index contributed by atoms with van der Waals surface area (Å²) in [7, 11) is 0. The summed E-state index contributed by atoms with van der Waals surface area (Å²) in [6.07, 6.45) is 15.7. The fraction of sp³-hybridized carbons (Fsp3) is 0.533. The van der Waals surface area contributed by atoms with Crippen LogP contribution < -0.4 is 0 Å². The van der Waals surface area contributed by atoms with Crippen molar-refractivity contribution in [2.45, 2.75) is 78.4 Å². The molecule has 0 bridgehead atoms. The monoisotopic (exact) mass is 466 g/mol. The van der Waals surface area contributed by atoms with Crippen molar-refractivity contribution in [3.8, 4) is 0 Å². The molecule has 186 valence electrons. The molecule has 0 fully saturated rings. The zero-order chi connectivity index (χ0) is 25.3. The third-order valence-electron chi connectivity index (χ3n) is 5.80. The molecule has 0 aromatic carbocycles. The number of ether oxygens (including phenoxy) is 2. The summed E-state index contributed by atoms with van der Waals surface area (Å²) in [4.78, 5) is 26.5. The molecule has 0 aromatic heterocycles. The van der Waals surface area contributed by atoms with Crippen LogP contribution in [-0.4, -0.2) is 36.5 Å². The van der Waals surface area contributed by atoms with E-state index in [9.17, 15) is 9.59 Å². The van der Waals surface area contributed by atoms with Gasteiger partial charge in [-0.05, 0) is 69.9 Å². The standard InChI is InChI=1S/C30H42O4/c1-21(2)19-27(28(31)22(3)17-18-33-20-24-11-9-8-10-12-24)23(4)29(32)25-13-15-26(16-14-25)34-30(5,6)7/h9,11-15,21,26-27H,3-4,8,10,16-20H2,1-2,5-7H3/t26?,27-/m1/s1. The topological polar surface area (TPSA) is 52.6 Å². The Morgan fingerprint density at radius 3 is 2.41 bits per heavy atom. The second-order valence-corrected chi connectivity index (χ2v) is 10.6. The molecule has 0 heterocycles. The van der Waals surface area contributed by atoms with Gasteiger partial charge in [0.15, 0.2) is 11.6 Å². The molecule has 0 saturated heterocycles. The van der Waals surface area contributed by atoms with E-state index in [0.29, 0.717) is 49.2 Å². The first kappa shape index (κ1) is 27.9. The molecule has 2 rings (SSSR count). The van der Waals surface area contributed by atoms with Crippen molar-refractivity contribution >= 4 is 11.6 Å². The Bertz CT molecular complexity index is 889. The maximum absolute atomic E-state index is 13.3. The quantitative estimate of drug-likeness (QED) is 0.225. The molecular weight excluding hydrogens is 424 g/mol. The highest BCUT2D eigenvalue weighted by atomic mass is 16.5. The van der Waals surface area contributed by atoms with Gasteiger partial charge in [-0.25, -0.2) is 0 Å². The molecule has 1 unspecified atom stereocenters. The summed E-state index contributed by atoms with van der Waals surface area (Å²) in [6, 6.07) is 0. The Morgan fingerprint density at radius 1 is 1.12 bits per heavy atom. The van der Waals surface area contributed by atoms with E-state index in [1.54, 1.807) is 6.08 Å². The first-order chi connectivity index (χ1) is 16.0. The molecule has 0 N–H and O–H groups in total. The lowest BCUT2D eigenvalue weighted by molar-refractivity contribution is -0.121. The number of ketones is 2. The third kappa shape index (κ3) is 9.15. The van der Waals surface area contributed by atoms with E-state index in [2.05, 4.69) is 31.4 Å². The summed E-state index contributed by atoms with van der Waals surface area (Å²) in [6.45, 7) is 19.2. The lowest BCUT2D eigenvalue weighted by Gasteiger charge is -2.27. The predicted molar refractivity (Wildman–Crippen MR) is 140 cm³/mol. The predicted octanol–water partition coefficient (Wildman–Crippen LogP) is 6.65. The van der Waals surface area contributed by atoms with Crippen LogP contribution in [0.15, 0.2) is 71.9 Å². The largest absolute Gasteiger partial charge is 0.376 e. The van der Waals surface area contributed by atoms with Crippen molar-refractivity contribution < 1.29 is 19.1 Å². The summed E-state index contributed by atoms with van der Waals surface area (Å²) in [5, 5.41) is 0. The average molecular weight is 467 g/mol. The highest BCUT2D eigenvalue weighted by Gasteiger charge is 2.30. The van der Waals surface area contributed by atoms with Crippen LogP contribution in [0.4, 0.5) is 0 Å². The molecule has 0 saturated carbocycles. The van der Waals surface area contributed by atoms with Gasteiger partial charge in [0, 0.05) is 11.1 Å². The maximum Gasteiger partial charge on any atom is 0.188 e. The summed E-state index contributed by atoms with van der Waals surface area (Å²) < 4.78 is 11.7.